The van der Waals surface area contributed by atoms with Gasteiger partial charge >= 0.3 is 0 Å². The number of hydrogen-bond donors (Lipinski definition) is 2. The first-order chi connectivity index (χ1) is 8.74. The van der Waals surface area contributed by atoms with Crippen LogP contribution in [-0.2, 0) is 4.74 Å². The third-order valence-corrected chi connectivity index (χ3v) is 4.60. The first-order valence-electron chi connectivity index (χ1n) is 7.81. The maximum absolute atomic E-state index is 9.48. The molecular formula is C15H29NO2. The van der Waals surface area contributed by atoms with Crippen LogP contribution in [0.4, 0.5) is 0 Å². The summed E-state index contributed by atoms with van der Waals surface area (Å²) in [5.41, 5.74) is 0.244. The van der Waals surface area contributed by atoms with E-state index in [0.717, 1.165) is 25.9 Å². The first kappa shape index (κ1) is 14.3. The highest BCUT2D eigenvalue weighted by Crippen LogP contribution is 2.41. The molecule has 0 aromatic carbocycles. The summed E-state index contributed by atoms with van der Waals surface area (Å²) >= 11 is 0. The van der Waals surface area contributed by atoms with E-state index < -0.39 is 0 Å². The van der Waals surface area contributed by atoms with Crippen LogP contribution >= 0.6 is 0 Å². The zero-order valence-electron chi connectivity index (χ0n) is 11.8. The lowest BCUT2D eigenvalue weighted by atomic mass is 9.83. The molecule has 3 heteroatoms. The van der Waals surface area contributed by atoms with E-state index in [1.165, 1.54) is 44.9 Å². The van der Waals surface area contributed by atoms with Crippen molar-refractivity contribution >= 4 is 0 Å². The Balaban J connectivity index is 1.61. The fourth-order valence-corrected chi connectivity index (χ4v) is 3.34. The van der Waals surface area contributed by atoms with Crippen LogP contribution in [0.1, 0.15) is 64.7 Å². The molecular weight excluding hydrogens is 226 g/mol. The van der Waals surface area contributed by atoms with Gasteiger partial charge in [-0.1, -0.05) is 26.2 Å². The van der Waals surface area contributed by atoms with Gasteiger partial charge in [-0.3, -0.25) is 0 Å². The highest BCUT2D eigenvalue weighted by atomic mass is 16.5. The minimum Gasteiger partial charge on any atom is -0.393 e. The Bertz CT molecular complexity index is 239. The molecule has 1 aliphatic heterocycles. The summed E-state index contributed by atoms with van der Waals surface area (Å²) < 4.78 is 6.30. The topological polar surface area (TPSA) is 41.5 Å². The van der Waals surface area contributed by atoms with Crippen LogP contribution in [0.5, 0.6) is 0 Å². The molecule has 1 heterocycles. The molecule has 0 aromatic heterocycles. The summed E-state index contributed by atoms with van der Waals surface area (Å²) in [6, 6.07) is 0. The third kappa shape index (κ3) is 3.94. The number of aliphatic hydroxyl groups is 1. The fraction of sp³-hybridized carbons (Fsp3) is 1.00. The zero-order valence-corrected chi connectivity index (χ0v) is 11.8. The van der Waals surface area contributed by atoms with Crippen LogP contribution in [-0.4, -0.2) is 36.0 Å². The van der Waals surface area contributed by atoms with E-state index in [9.17, 15) is 5.11 Å². The first-order valence-corrected chi connectivity index (χ1v) is 7.81. The molecule has 1 saturated heterocycles. The van der Waals surface area contributed by atoms with Crippen molar-refractivity contribution < 1.29 is 9.84 Å². The maximum atomic E-state index is 9.48. The number of ether oxygens (including phenoxy) is 1. The predicted molar refractivity (Wildman–Crippen MR) is 73.7 cm³/mol. The van der Waals surface area contributed by atoms with Gasteiger partial charge in [0.25, 0.3) is 0 Å². The van der Waals surface area contributed by atoms with Gasteiger partial charge in [0, 0.05) is 6.54 Å². The van der Waals surface area contributed by atoms with Gasteiger partial charge < -0.3 is 15.2 Å². The van der Waals surface area contributed by atoms with Gasteiger partial charge in [0.05, 0.1) is 17.8 Å². The van der Waals surface area contributed by atoms with E-state index in [1.54, 1.807) is 0 Å². The number of hydrogen-bond acceptors (Lipinski definition) is 3. The van der Waals surface area contributed by atoms with Crippen LogP contribution in [0.2, 0.25) is 0 Å². The van der Waals surface area contributed by atoms with Gasteiger partial charge in [-0.25, -0.2) is 0 Å². The van der Waals surface area contributed by atoms with Crippen LogP contribution in [0.3, 0.4) is 0 Å². The summed E-state index contributed by atoms with van der Waals surface area (Å²) in [5.74, 6) is 0. The molecule has 2 aliphatic rings. The second kappa shape index (κ2) is 6.88. The van der Waals surface area contributed by atoms with Crippen molar-refractivity contribution in [2.45, 2.75) is 82.5 Å². The summed E-state index contributed by atoms with van der Waals surface area (Å²) in [5, 5.41) is 12.9. The molecule has 3 nitrogen and oxygen atoms in total. The average Bonchev–Trinajstić information content (AvgIpc) is 2.78. The Labute approximate surface area is 111 Å². The quantitative estimate of drug-likeness (QED) is 0.717. The number of aliphatic hydroxyl groups excluding tert-OH is 1. The molecule has 0 aromatic rings. The van der Waals surface area contributed by atoms with E-state index in [-0.39, 0.29) is 11.7 Å². The van der Waals surface area contributed by atoms with Gasteiger partial charge in [-0.15, -0.1) is 0 Å². The normalized spacial score (nSPS) is 28.7. The smallest absolute Gasteiger partial charge is 0.0708 e. The van der Waals surface area contributed by atoms with E-state index in [4.69, 9.17) is 4.74 Å². The van der Waals surface area contributed by atoms with E-state index in [1.807, 2.05) is 6.92 Å². The highest BCUT2D eigenvalue weighted by Gasteiger charge is 2.40. The van der Waals surface area contributed by atoms with Gasteiger partial charge in [0.2, 0.25) is 0 Å². The highest BCUT2D eigenvalue weighted by molar-refractivity contribution is 4.91. The molecule has 106 valence electrons. The van der Waals surface area contributed by atoms with Crippen molar-refractivity contribution in [1.82, 2.24) is 5.32 Å². The van der Waals surface area contributed by atoms with Crippen LogP contribution in [0.15, 0.2) is 0 Å². The van der Waals surface area contributed by atoms with Gasteiger partial charge in [0.1, 0.15) is 0 Å². The second-order valence-electron chi connectivity index (χ2n) is 6.08. The molecule has 2 unspecified atom stereocenters. The maximum Gasteiger partial charge on any atom is 0.0708 e. The Morgan fingerprint density at radius 3 is 2.78 bits per heavy atom. The summed E-state index contributed by atoms with van der Waals surface area (Å²) in [6.07, 6.45) is 11.1. The molecule has 2 N–H and O–H groups in total. The van der Waals surface area contributed by atoms with Crippen molar-refractivity contribution in [3.63, 3.8) is 0 Å². The number of rotatable bonds is 6. The van der Waals surface area contributed by atoms with Gasteiger partial charge in [-0.2, -0.15) is 0 Å². The lowest BCUT2D eigenvalue weighted by Gasteiger charge is -2.33. The lowest BCUT2D eigenvalue weighted by molar-refractivity contribution is -0.0624. The summed E-state index contributed by atoms with van der Waals surface area (Å²) in [4.78, 5) is 0. The SMILES string of the molecule is CCC(O)CCNCC1CCC2(CCCCC2)O1. The Morgan fingerprint density at radius 1 is 1.28 bits per heavy atom. The predicted octanol–water partition coefficient (Wildman–Crippen LogP) is 2.62. The fourth-order valence-electron chi connectivity index (χ4n) is 3.34. The van der Waals surface area contributed by atoms with Crippen molar-refractivity contribution in [1.29, 1.82) is 0 Å². The summed E-state index contributed by atoms with van der Waals surface area (Å²) in [7, 11) is 0. The van der Waals surface area contributed by atoms with E-state index in [2.05, 4.69) is 5.32 Å². The van der Waals surface area contributed by atoms with Gasteiger partial charge in [0.15, 0.2) is 0 Å². The molecule has 2 rings (SSSR count). The van der Waals surface area contributed by atoms with E-state index >= 15 is 0 Å². The Hall–Kier alpha value is -0.120. The zero-order chi connectivity index (χ0) is 12.8. The van der Waals surface area contributed by atoms with Crippen LogP contribution < -0.4 is 5.32 Å². The molecule has 1 saturated carbocycles. The monoisotopic (exact) mass is 255 g/mol. The third-order valence-electron chi connectivity index (χ3n) is 4.60. The van der Waals surface area contributed by atoms with Crippen molar-refractivity contribution in [2.75, 3.05) is 13.1 Å². The Kier molecular flexibility index (Phi) is 5.46. The minimum absolute atomic E-state index is 0.147. The molecule has 1 spiro atoms. The molecule has 2 fully saturated rings. The lowest BCUT2D eigenvalue weighted by Crippen LogP contribution is -2.35. The number of nitrogens with one attached hydrogen (secondary N) is 1. The van der Waals surface area contributed by atoms with Crippen molar-refractivity contribution in [3.8, 4) is 0 Å². The van der Waals surface area contributed by atoms with Crippen LogP contribution in [0.25, 0.3) is 0 Å². The second-order valence-corrected chi connectivity index (χ2v) is 6.08. The molecule has 0 amide bonds. The molecule has 0 radical (unpaired) electrons. The molecule has 2 atom stereocenters. The van der Waals surface area contributed by atoms with Crippen molar-refractivity contribution in [2.24, 2.45) is 0 Å². The standard InChI is InChI=1S/C15H29NO2/c1-2-13(17)7-11-16-12-14-6-10-15(18-14)8-4-3-5-9-15/h13-14,16-17H,2-12H2,1H3. The molecule has 1 aliphatic carbocycles. The van der Waals surface area contributed by atoms with Gasteiger partial charge in [-0.05, 0) is 45.1 Å². The Morgan fingerprint density at radius 2 is 2.06 bits per heavy atom. The van der Waals surface area contributed by atoms with E-state index in [0.29, 0.717) is 6.10 Å². The average molecular weight is 255 g/mol. The largest absolute Gasteiger partial charge is 0.393 e. The minimum atomic E-state index is -0.147. The molecule has 0 bridgehead atoms. The van der Waals surface area contributed by atoms with Crippen molar-refractivity contribution in [3.05, 3.63) is 0 Å². The van der Waals surface area contributed by atoms with Crippen LogP contribution in [0, 0.1) is 0 Å². The molecule has 18 heavy (non-hydrogen) atoms. The summed E-state index contributed by atoms with van der Waals surface area (Å²) in [6.45, 7) is 3.89.